The molecule has 0 aliphatic carbocycles. The van der Waals surface area contributed by atoms with E-state index in [-0.39, 0.29) is 18.5 Å². The summed E-state index contributed by atoms with van der Waals surface area (Å²) in [5.41, 5.74) is 0. The standard InChI is InChI=1S/C32H65NO4.C17H34O2.C2H6S/c1-3-5-7-9-10-16-24-31(23-15-8-6-4-2)32(36)37-30-22-14-12-18-26-33(27-19-21-29-35)25-17-11-13-20-28-34;1-3-5-7-9-10-12-14-16-19-17(18)15-13-11-8-6-4-2;1-3-2/h31,34-35H,3-30H2,1-2H3;10,12,17-18H,3-9,11,13-16H2,1-2H3;1-2H3/b;12-10-;. The highest BCUT2D eigenvalue weighted by Gasteiger charge is 2.19. The summed E-state index contributed by atoms with van der Waals surface area (Å²) in [6.45, 7) is 14.0. The fourth-order valence-corrected chi connectivity index (χ4v) is 7.06. The Morgan fingerprint density at radius 3 is 1.44 bits per heavy atom. The molecule has 0 saturated heterocycles. The van der Waals surface area contributed by atoms with Crippen molar-refractivity contribution in [2.24, 2.45) is 5.92 Å². The number of ether oxygens (including phenoxy) is 2. The Bertz CT molecular complexity index is 787. The molecular formula is C51H105NO6S. The number of aliphatic hydroxyl groups is 3. The van der Waals surface area contributed by atoms with Crippen molar-refractivity contribution >= 4 is 17.7 Å². The van der Waals surface area contributed by atoms with Gasteiger partial charge in [-0.2, -0.15) is 11.8 Å². The summed E-state index contributed by atoms with van der Waals surface area (Å²) in [4.78, 5) is 15.3. The quantitative estimate of drug-likeness (QED) is 0.0241. The van der Waals surface area contributed by atoms with Gasteiger partial charge in [0.25, 0.3) is 0 Å². The third kappa shape index (κ3) is 55.3. The van der Waals surface area contributed by atoms with Crippen molar-refractivity contribution < 1.29 is 29.6 Å². The zero-order chi connectivity index (χ0) is 44.1. The van der Waals surface area contributed by atoms with E-state index >= 15 is 0 Å². The van der Waals surface area contributed by atoms with Gasteiger partial charge in [-0.05, 0) is 116 Å². The number of carbonyl (C=O) groups excluding carboxylic acids is 1. The molecule has 7 nitrogen and oxygen atoms in total. The van der Waals surface area contributed by atoms with E-state index in [9.17, 15) is 9.90 Å². The highest BCUT2D eigenvalue weighted by Crippen LogP contribution is 2.21. The first-order valence-corrected chi connectivity index (χ1v) is 27.0. The van der Waals surface area contributed by atoms with Crippen LogP contribution in [0.1, 0.15) is 240 Å². The molecule has 356 valence electrons. The van der Waals surface area contributed by atoms with Crippen molar-refractivity contribution in [3.8, 4) is 0 Å². The van der Waals surface area contributed by atoms with Crippen LogP contribution in [0.2, 0.25) is 0 Å². The number of thioether (sulfide) groups is 1. The lowest BCUT2D eigenvalue weighted by Gasteiger charge is -2.22. The minimum Gasteiger partial charge on any atom is -0.465 e. The first kappa shape index (κ1) is 62.7. The summed E-state index contributed by atoms with van der Waals surface area (Å²) < 4.78 is 11.1. The van der Waals surface area contributed by atoms with E-state index in [1.54, 1.807) is 11.8 Å². The zero-order valence-electron chi connectivity index (χ0n) is 40.5. The van der Waals surface area contributed by atoms with E-state index in [0.717, 1.165) is 103 Å². The molecule has 0 rings (SSSR count). The van der Waals surface area contributed by atoms with Gasteiger partial charge in [-0.1, -0.05) is 168 Å². The van der Waals surface area contributed by atoms with Gasteiger partial charge < -0.3 is 29.7 Å². The summed E-state index contributed by atoms with van der Waals surface area (Å²) >= 11 is 1.75. The maximum absolute atomic E-state index is 12.8. The Kier molecular flexibility index (Phi) is 60.9. The van der Waals surface area contributed by atoms with Gasteiger partial charge in [0.05, 0.1) is 19.1 Å². The third-order valence-electron chi connectivity index (χ3n) is 10.8. The van der Waals surface area contributed by atoms with E-state index in [4.69, 9.17) is 19.7 Å². The molecule has 59 heavy (non-hydrogen) atoms. The topological polar surface area (TPSA) is 99.5 Å². The van der Waals surface area contributed by atoms with Gasteiger partial charge in [0.1, 0.15) is 0 Å². The van der Waals surface area contributed by atoms with Crippen molar-refractivity contribution in [3.05, 3.63) is 12.2 Å². The lowest BCUT2D eigenvalue weighted by molar-refractivity contribution is -0.149. The average Bonchev–Trinajstić information content (AvgIpc) is 3.23. The van der Waals surface area contributed by atoms with Crippen LogP contribution in [0.3, 0.4) is 0 Å². The fraction of sp³-hybridized carbons (Fsp3) is 0.941. The number of esters is 1. The molecule has 3 N–H and O–H groups in total. The summed E-state index contributed by atoms with van der Waals surface area (Å²) in [5, 5.41) is 27.7. The molecule has 0 bridgehead atoms. The number of allylic oxidation sites excluding steroid dienone is 1. The molecule has 0 amide bonds. The highest BCUT2D eigenvalue weighted by atomic mass is 32.2. The Hall–Kier alpha value is -0.640. The molecule has 0 saturated carbocycles. The van der Waals surface area contributed by atoms with Crippen LogP contribution in [0.5, 0.6) is 0 Å². The van der Waals surface area contributed by atoms with Crippen molar-refractivity contribution in [1.82, 2.24) is 4.90 Å². The summed E-state index contributed by atoms with van der Waals surface area (Å²) in [6.07, 6.45) is 46.1. The van der Waals surface area contributed by atoms with Gasteiger partial charge >= 0.3 is 5.97 Å². The smallest absolute Gasteiger partial charge is 0.308 e. The number of hydrogen-bond donors (Lipinski definition) is 3. The molecule has 2 unspecified atom stereocenters. The van der Waals surface area contributed by atoms with Crippen LogP contribution in [-0.4, -0.2) is 91.1 Å². The molecule has 0 aromatic rings. The van der Waals surface area contributed by atoms with E-state index in [1.807, 2.05) is 12.5 Å². The molecule has 0 aromatic carbocycles. The monoisotopic (exact) mass is 860 g/mol. The first-order chi connectivity index (χ1) is 28.9. The molecule has 0 aliphatic heterocycles. The van der Waals surface area contributed by atoms with Gasteiger partial charge in [-0.25, -0.2) is 0 Å². The van der Waals surface area contributed by atoms with E-state index < -0.39 is 6.29 Å². The van der Waals surface area contributed by atoms with Crippen LogP contribution in [-0.2, 0) is 14.3 Å². The highest BCUT2D eigenvalue weighted by molar-refractivity contribution is 7.97. The second-order valence-corrected chi connectivity index (χ2v) is 17.6. The predicted octanol–water partition coefficient (Wildman–Crippen LogP) is 14.2. The van der Waals surface area contributed by atoms with Crippen LogP contribution in [0.15, 0.2) is 12.2 Å². The van der Waals surface area contributed by atoms with Gasteiger partial charge in [-0.3, -0.25) is 4.79 Å². The van der Waals surface area contributed by atoms with E-state index in [1.165, 1.54) is 128 Å². The largest absolute Gasteiger partial charge is 0.465 e. The third-order valence-corrected chi connectivity index (χ3v) is 10.8. The normalized spacial score (nSPS) is 12.3. The van der Waals surface area contributed by atoms with Crippen LogP contribution in [0.25, 0.3) is 0 Å². The first-order valence-electron chi connectivity index (χ1n) is 25.4. The molecule has 0 aliphatic rings. The van der Waals surface area contributed by atoms with Gasteiger partial charge in [0, 0.05) is 13.2 Å². The minimum atomic E-state index is -0.560. The molecular weight excluding hydrogens is 755 g/mol. The Labute approximate surface area is 373 Å². The van der Waals surface area contributed by atoms with Crippen LogP contribution in [0.4, 0.5) is 0 Å². The maximum atomic E-state index is 12.8. The molecule has 8 heteroatoms. The van der Waals surface area contributed by atoms with Crippen molar-refractivity contribution in [2.75, 3.05) is 58.6 Å². The number of rotatable bonds is 44. The number of nitrogens with zero attached hydrogens (tertiary/aromatic N) is 1. The Morgan fingerprint density at radius 2 is 0.898 bits per heavy atom. The zero-order valence-corrected chi connectivity index (χ0v) is 41.3. The van der Waals surface area contributed by atoms with Crippen molar-refractivity contribution in [3.63, 3.8) is 0 Å². The van der Waals surface area contributed by atoms with Crippen LogP contribution < -0.4 is 0 Å². The minimum absolute atomic E-state index is 0.0568. The van der Waals surface area contributed by atoms with Gasteiger partial charge in [0.15, 0.2) is 6.29 Å². The second kappa shape index (κ2) is 57.4. The van der Waals surface area contributed by atoms with E-state index in [2.05, 4.69) is 44.7 Å². The average molecular weight is 860 g/mol. The number of aliphatic hydroxyl groups excluding tert-OH is 3. The SMILES string of the molecule is CCCCC/C=C\CCOC(O)CCCCCCC.CCCCCCCCC(CCCCCC)C(=O)OCCCCCCN(CCCCO)CCCCCCO.CSC. The number of hydrogen-bond acceptors (Lipinski definition) is 8. The Balaban J connectivity index is -0.00000119. The second-order valence-electron chi connectivity index (χ2n) is 16.8. The summed E-state index contributed by atoms with van der Waals surface area (Å²) in [6, 6.07) is 0. The molecule has 2 atom stereocenters. The lowest BCUT2D eigenvalue weighted by Crippen LogP contribution is -2.27. The Morgan fingerprint density at radius 1 is 0.508 bits per heavy atom. The van der Waals surface area contributed by atoms with Gasteiger partial charge in [-0.15, -0.1) is 0 Å². The molecule has 0 heterocycles. The van der Waals surface area contributed by atoms with Crippen molar-refractivity contribution in [2.45, 2.75) is 246 Å². The fourth-order valence-electron chi connectivity index (χ4n) is 7.06. The van der Waals surface area contributed by atoms with Gasteiger partial charge in [0.2, 0.25) is 0 Å². The molecule has 0 aromatic heterocycles. The lowest BCUT2D eigenvalue weighted by atomic mass is 9.94. The molecule has 0 spiro atoms. The summed E-state index contributed by atoms with van der Waals surface area (Å²) in [5.74, 6) is 0.161. The number of unbranched alkanes of at least 4 members (excludes halogenated alkanes) is 22. The maximum Gasteiger partial charge on any atom is 0.308 e. The van der Waals surface area contributed by atoms with Crippen LogP contribution >= 0.6 is 11.8 Å². The molecule has 0 fully saturated rings. The summed E-state index contributed by atoms with van der Waals surface area (Å²) in [7, 11) is 0. The van der Waals surface area contributed by atoms with E-state index in [0.29, 0.717) is 19.8 Å². The van der Waals surface area contributed by atoms with Crippen molar-refractivity contribution in [1.29, 1.82) is 0 Å². The predicted molar refractivity (Wildman–Crippen MR) is 261 cm³/mol. The molecule has 0 radical (unpaired) electrons. The number of carbonyl (C=O) groups is 1. The van der Waals surface area contributed by atoms with Crippen LogP contribution in [0, 0.1) is 5.92 Å².